The van der Waals surface area contributed by atoms with Gasteiger partial charge in [-0.05, 0) is 28.5 Å². The van der Waals surface area contributed by atoms with Crippen molar-refractivity contribution < 1.29 is 19.4 Å². The molecule has 18 heavy (non-hydrogen) atoms. The molecule has 2 rings (SSSR count). The molecule has 2 aromatic rings. The van der Waals surface area contributed by atoms with Crippen LogP contribution in [0.1, 0.15) is 5.56 Å². The van der Waals surface area contributed by atoms with Gasteiger partial charge >= 0.3 is 5.97 Å². The molecule has 0 heterocycles. The van der Waals surface area contributed by atoms with Crippen LogP contribution in [0.25, 0.3) is 10.8 Å². The summed E-state index contributed by atoms with van der Waals surface area (Å²) in [6.45, 7) is 0.211. The van der Waals surface area contributed by atoms with Crippen molar-refractivity contribution in [2.75, 3.05) is 13.9 Å². The van der Waals surface area contributed by atoms with Gasteiger partial charge in [-0.2, -0.15) is 0 Å². The lowest BCUT2D eigenvalue weighted by atomic mass is 10.0. The van der Waals surface area contributed by atoms with Gasteiger partial charge in [0.2, 0.25) is 0 Å². The highest BCUT2D eigenvalue weighted by Crippen LogP contribution is 2.22. The Labute approximate surface area is 105 Å². The fourth-order valence-electron chi connectivity index (χ4n) is 1.77. The summed E-state index contributed by atoms with van der Waals surface area (Å²) < 4.78 is 10.2. The topological polar surface area (TPSA) is 55.8 Å². The first kappa shape index (κ1) is 12.4. The number of hydrogen-bond acceptors (Lipinski definition) is 3. The van der Waals surface area contributed by atoms with E-state index in [1.807, 2.05) is 36.4 Å². The first-order valence-corrected chi connectivity index (χ1v) is 5.55. The van der Waals surface area contributed by atoms with E-state index in [-0.39, 0.29) is 13.2 Å². The van der Waals surface area contributed by atoms with Crippen LogP contribution in [0.3, 0.4) is 0 Å². The number of carboxylic acid groups (broad SMARTS) is 1. The van der Waals surface area contributed by atoms with Gasteiger partial charge in [0.1, 0.15) is 5.75 Å². The highest BCUT2D eigenvalue weighted by Gasteiger charge is 2.03. The van der Waals surface area contributed by atoms with Crippen LogP contribution in [0.5, 0.6) is 5.75 Å². The van der Waals surface area contributed by atoms with E-state index in [2.05, 4.69) is 0 Å². The van der Waals surface area contributed by atoms with Crippen molar-refractivity contribution >= 4 is 16.7 Å². The summed E-state index contributed by atoms with van der Waals surface area (Å²) in [7, 11) is 1.57. The van der Waals surface area contributed by atoms with Crippen LogP contribution in [0, 0.1) is 0 Å². The zero-order chi connectivity index (χ0) is 13.0. The first-order valence-electron chi connectivity index (χ1n) is 5.55. The van der Waals surface area contributed by atoms with Crippen LogP contribution < -0.4 is 4.74 Å². The van der Waals surface area contributed by atoms with Crippen LogP contribution in [0.15, 0.2) is 36.4 Å². The summed E-state index contributed by atoms with van der Waals surface area (Å²) >= 11 is 0. The molecule has 0 spiro atoms. The van der Waals surface area contributed by atoms with Gasteiger partial charge in [0.05, 0.1) is 6.42 Å². The van der Waals surface area contributed by atoms with Crippen molar-refractivity contribution in [3.8, 4) is 5.75 Å². The molecule has 0 unspecified atom stereocenters. The molecule has 0 fully saturated rings. The fraction of sp³-hybridized carbons (Fsp3) is 0.214. The van der Waals surface area contributed by atoms with Gasteiger partial charge in [0.15, 0.2) is 6.79 Å². The van der Waals surface area contributed by atoms with Crippen LogP contribution >= 0.6 is 0 Å². The van der Waals surface area contributed by atoms with Crippen LogP contribution in [-0.2, 0) is 16.0 Å². The second-order valence-electron chi connectivity index (χ2n) is 3.96. The predicted molar refractivity (Wildman–Crippen MR) is 67.8 cm³/mol. The molecule has 0 saturated heterocycles. The van der Waals surface area contributed by atoms with E-state index in [0.29, 0.717) is 0 Å². The summed E-state index contributed by atoms with van der Waals surface area (Å²) in [6, 6.07) is 11.2. The second-order valence-corrected chi connectivity index (χ2v) is 3.96. The standard InChI is InChI=1S/C14H14O4/c1-17-9-18-13-5-4-11-6-10(7-14(15)16)2-3-12(11)8-13/h2-6,8H,7,9H2,1H3,(H,15,16). The fourth-order valence-corrected chi connectivity index (χ4v) is 1.77. The van der Waals surface area contributed by atoms with Crippen molar-refractivity contribution in [1.82, 2.24) is 0 Å². The maximum absolute atomic E-state index is 10.6. The largest absolute Gasteiger partial charge is 0.481 e. The smallest absolute Gasteiger partial charge is 0.307 e. The molecule has 4 nitrogen and oxygen atoms in total. The SMILES string of the molecule is COCOc1ccc2cc(CC(=O)O)ccc2c1. The molecule has 0 radical (unpaired) electrons. The molecule has 0 amide bonds. The Morgan fingerprint density at radius 1 is 1.17 bits per heavy atom. The number of benzene rings is 2. The number of carbonyl (C=O) groups is 1. The van der Waals surface area contributed by atoms with Gasteiger partial charge in [0.25, 0.3) is 0 Å². The van der Waals surface area contributed by atoms with Crippen LogP contribution in [0.2, 0.25) is 0 Å². The monoisotopic (exact) mass is 246 g/mol. The zero-order valence-electron chi connectivity index (χ0n) is 10.1. The molecule has 2 aromatic carbocycles. The summed E-state index contributed by atoms with van der Waals surface area (Å²) in [5, 5.41) is 10.8. The van der Waals surface area contributed by atoms with Crippen molar-refractivity contribution in [1.29, 1.82) is 0 Å². The highest BCUT2D eigenvalue weighted by atomic mass is 16.7. The third-order valence-corrected chi connectivity index (χ3v) is 2.57. The minimum Gasteiger partial charge on any atom is -0.481 e. The summed E-state index contributed by atoms with van der Waals surface area (Å²) in [4.78, 5) is 10.6. The van der Waals surface area contributed by atoms with Crippen molar-refractivity contribution in [2.24, 2.45) is 0 Å². The van der Waals surface area contributed by atoms with Gasteiger partial charge in [-0.25, -0.2) is 0 Å². The number of methoxy groups -OCH3 is 1. The second kappa shape index (κ2) is 5.51. The molecule has 0 saturated carbocycles. The first-order chi connectivity index (χ1) is 8.69. The highest BCUT2D eigenvalue weighted by molar-refractivity contribution is 5.85. The lowest BCUT2D eigenvalue weighted by Gasteiger charge is -2.06. The maximum atomic E-state index is 10.6. The molecule has 0 bridgehead atoms. The van der Waals surface area contributed by atoms with Gasteiger partial charge in [-0.15, -0.1) is 0 Å². The van der Waals surface area contributed by atoms with E-state index >= 15 is 0 Å². The van der Waals surface area contributed by atoms with Gasteiger partial charge < -0.3 is 14.6 Å². The van der Waals surface area contributed by atoms with Gasteiger partial charge in [0, 0.05) is 7.11 Å². The molecule has 0 aromatic heterocycles. The summed E-state index contributed by atoms with van der Waals surface area (Å²) in [5.74, 6) is -0.0928. The number of rotatable bonds is 5. The molecule has 0 aliphatic carbocycles. The van der Waals surface area contributed by atoms with E-state index in [0.717, 1.165) is 22.1 Å². The number of hydrogen-bond donors (Lipinski definition) is 1. The summed E-state index contributed by atoms with van der Waals surface area (Å²) in [6.07, 6.45) is 0.0395. The van der Waals surface area contributed by atoms with Crippen molar-refractivity contribution in [2.45, 2.75) is 6.42 Å². The van der Waals surface area contributed by atoms with Crippen molar-refractivity contribution in [3.63, 3.8) is 0 Å². The molecule has 94 valence electrons. The third kappa shape index (κ3) is 2.99. The lowest BCUT2D eigenvalue weighted by Crippen LogP contribution is -2.00. The van der Waals surface area contributed by atoms with Gasteiger partial charge in [-0.3, -0.25) is 4.79 Å². The minimum atomic E-state index is -0.825. The Hall–Kier alpha value is -2.07. The molecular formula is C14H14O4. The van der Waals surface area contributed by atoms with E-state index in [9.17, 15) is 4.79 Å². The number of aliphatic carboxylic acids is 1. The number of ether oxygens (including phenoxy) is 2. The minimum absolute atomic E-state index is 0.0395. The average molecular weight is 246 g/mol. The Morgan fingerprint density at radius 3 is 2.61 bits per heavy atom. The van der Waals surface area contributed by atoms with E-state index in [1.165, 1.54) is 0 Å². The quantitative estimate of drug-likeness (QED) is 0.823. The molecule has 1 N–H and O–H groups in total. The number of carboxylic acids is 1. The predicted octanol–water partition coefficient (Wildman–Crippen LogP) is 2.45. The van der Waals surface area contributed by atoms with E-state index in [1.54, 1.807) is 7.11 Å². The molecule has 4 heteroatoms. The molecule has 0 aliphatic heterocycles. The zero-order valence-corrected chi connectivity index (χ0v) is 10.1. The lowest BCUT2D eigenvalue weighted by molar-refractivity contribution is -0.136. The Morgan fingerprint density at radius 2 is 1.89 bits per heavy atom. The van der Waals surface area contributed by atoms with E-state index in [4.69, 9.17) is 14.6 Å². The summed E-state index contributed by atoms with van der Waals surface area (Å²) in [5.41, 5.74) is 0.792. The Balaban J connectivity index is 2.27. The molecule has 0 aliphatic rings. The third-order valence-electron chi connectivity index (χ3n) is 2.57. The normalized spacial score (nSPS) is 10.5. The average Bonchev–Trinajstić information content (AvgIpc) is 2.35. The number of fused-ring (bicyclic) bond motifs is 1. The Kier molecular flexibility index (Phi) is 3.79. The van der Waals surface area contributed by atoms with Gasteiger partial charge in [-0.1, -0.05) is 24.3 Å². The van der Waals surface area contributed by atoms with Crippen LogP contribution in [-0.4, -0.2) is 25.0 Å². The van der Waals surface area contributed by atoms with E-state index < -0.39 is 5.97 Å². The molecule has 0 atom stereocenters. The van der Waals surface area contributed by atoms with Crippen molar-refractivity contribution in [3.05, 3.63) is 42.0 Å². The maximum Gasteiger partial charge on any atom is 0.307 e. The van der Waals surface area contributed by atoms with Crippen LogP contribution in [0.4, 0.5) is 0 Å². The molecular weight excluding hydrogens is 232 g/mol. The Bertz CT molecular complexity index is 563.